The number of ether oxygens (including phenoxy) is 2. The summed E-state index contributed by atoms with van der Waals surface area (Å²) in [6, 6.07) is 0. The van der Waals surface area contributed by atoms with Gasteiger partial charge in [0.15, 0.2) is 0 Å². The molecule has 0 aromatic rings. The highest BCUT2D eigenvalue weighted by molar-refractivity contribution is 5.97. The fourth-order valence-electron chi connectivity index (χ4n) is 1.51. The van der Waals surface area contributed by atoms with E-state index in [-0.39, 0.29) is 25.2 Å². The number of hydrogen-bond acceptors (Lipinski definition) is 6. The Bertz CT molecular complexity index is 318. The normalized spacial score (nSPS) is 14.2. The molecule has 0 aromatic carbocycles. The summed E-state index contributed by atoms with van der Waals surface area (Å²) in [5.74, 6) is -1.53. The minimum absolute atomic E-state index is 0.172. The Hall–Kier alpha value is -1.24. The fourth-order valence-corrected chi connectivity index (χ4v) is 1.51. The van der Waals surface area contributed by atoms with Crippen LogP contribution < -0.4 is 10.9 Å². The van der Waals surface area contributed by atoms with E-state index in [4.69, 9.17) is 9.47 Å². The molecular weight excluding hydrogens is 260 g/mol. The van der Waals surface area contributed by atoms with Crippen molar-refractivity contribution in [3.8, 4) is 0 Å². The Balaban J connectivity index is 4.17. The van der Waals surface area contributed by atoms with Crippen LogP contribution in [0.1, 0.15) is 33.6 Å². The molecule has 0 saturated heterocycles. The first-order chi connectivity index (χ1) is 9.56. The summed E-state index contributed by atoms with van der Waals surface area (Å²) >= 11 is 0. The van der Waals surface area contributed by atoms with Crippen molar-refractivity contribution in [3.05, 3.63) is 12.2 Å². The van der Waals surface area contributed by atoms with Gasteiger partial charge in [-0.25, -0.2) is 5.43 Å². The molecule has 0 rings (SSSR count). The number of nitrogens with one attached hydrogen (secondary N) is 2. The van der Waals surface area contributed by atoms with E-state index in [1.807, 2.05) is 12.2 Å². The number of methoxy groups -OCH3 is 1. The summed E-state index contributed by atoms with van der Waals surface area (Å²) in [6.07, 6.45) is 5.51. The second-order valence-corrected chi connectivity index (χ2v) is 4.28. The first-order valence-corrected chi connectivity index (χ1v) is 6.90. The summed E-state index contributed by atoms with van der Waals surface area (Å²) < 4.78 is 10.1. The van der Waals surface area contributed by atoms with Gasteiger partial charge >= 0.3 is 5.97 Å². The number of rotatable bonds is 11. The maximum absolute atomic E-state index is 11.6. The molecule has 116 valence electrons. The highest BCUT2D eigenvalue weighted by Crippen LogP contribution is 2.01. The molecule has 0 aliphatic carbocycles. The molecule has 0 aromatic heterocycles. The largest absolute Gasteiger partial charge is 0.465 e. The van der Waals surface area contributed by atoms with E-state index in [0.29, 0.717) is 6.42 Å². The number of carbonyl (C=O) groups excluding carboxylic acids is 2. The lowest BCUT2D eigenvalue weighted by atomic mass is 10.1. The van der Waals surface area contributed by atoms with Gasteiger partial charge in [0.25, 0.3) is 0 Å². The first kappa shape index (κ1) is 18.8. The molecule has 2 atom stereocenters. The second-order valence-electron chi connectivity index (χ2n) is 4.28. The Labute approximate surface area is 120 Å². The second kappa shape index (κ2) is 11.6. The third-order valence-electron chi connectivity index (χ3n) is 2.67. The molecule has 0 amide bonds. The summed E-state index contributed by atoms with van der Waals surface area (Å²) in [7, 11) is 1.59. The van der Waals surface area contributed by atoms with E-state index in [1.54, 1.807) is 14.0 Å². The zero-order valence-electron chi connectivity index (χ0n) is 12.8. The summed E-state index contributed by atoms with van der Waals surface area (Å²) in [6.45, 7) is 5.58. The van der Waals surface area contributed by atoms with Gasteiger partial charge in [0.2, 0.25) is 0 Å². The molecular formula is C14H26N2O4. The zero-order chi connectivity index (χ0) is 15.4. The van der Waals surface area contributed by atoms with Gasteiger partial charge < -0.3 is 9.47 Å². The van der Waals surface area contributed by atoms with Crippen molar-refractivity contribution in [2.45, 2.75) is 39.8 Å². The van der Waals surface area contributed by atoms with Gasteiger partial charge in [-0.2, -0.15) is 0 Å². The van der Waals surface area contributed by atoms with Crippen LogP contribution in [0.5, 0.6) is 0 Å². The van der Waals surface area contributed by atoms with Crippen molar-refractivity contribution in [3.63, 3.8) is 0 Å². The molecule has 0 bridgehead atoms. The molecule has 2 N–H and O–H groups in total. The number of hydrogen-bond donors (Lipinski definition) is 2. The first-order valence-electron chi connectivity index (χ1n) is 6.90. The van der Waals surface area contributed by atoms with E-state index in [9.17, 15) is 9.59 Å². The molecule has 0 heterocycles. The number of allylic oxidation sites excluding steroid dienone is 1. The van der Waals surface area contributed by atoms with Crippen molar-refractivity contribution < 1.29 is 19.1 Å². The van der Waals surface area contributed by atoms with Crippen LogP contribution in [0, 0.1) is 5.92 Å². The predicted molar refractivity (Wildman–Crippen MR) is 76.8 cm³/mol. The van der Waals surface area contributed by atoms with Crippen LogP contribution in [0.15, 0.2) is 12.2 Å². The van der Waals surface area contributed by atoms with Gasteiger partial charge in [-0.15, -0.1) is 0 Å². The van der Waals surface area contributed by atoms with Crippen molar-refractivity contribution >= 4 is 11.8 Å². The molecule has 0 aliphatic heterocycles. The number of carbonyl (C=O) groups is 2. The van der Waals surface area contributed by atoms with Crippen LogP contribution in [-0.4, -0.2) is 38.2 Å². The molecule has 0 radical (unpaired) electrons. The van der Waals surface area contributed by atoms with Crippen molar-refractivity contribution in [1.29, 1.82) is 0 Å². The van der Waals surface area contributed by atoms with E-state index < -0.39 is 11.9 Å². The fraction of sp³-hybridized carbons (Fsp3) is 0.714. The summed E-state index contributed by atoms with van der Waals surface area (Å²) in [5.41, 5.74) is 5.78. The van der Waals surface area contributed by atoms with Crippen LogP contribution >= 0.6 is 0 Å². The molecule has 2 unspecified atom stereocenters. The van der Waals surface area contributed by atoms with Crippen LogP contribution in [0.2, 0.25) is 0 Å². The molecule has 0 aliphatic rings. The van der Waals surface area contributed by atoms with Crippen molar-refractivity contribution in [2.24, 2.45) is 5.92 Å². The van der Waals surface area contributed by atoms with Crippen LogP contribution in [-0.2, 0) is 19.1 Å². The topological polar surface area (TPSA) is 76.7 Å². The number of esters is 1. The van der Waals surface area contributed by atoms with Crippen LogP contribution in [0.3, 0.4) is 0 Å². The van der Waals surface area contributed by atoms with Gasteiger partial charge in [0.05, 0.1) is 6.61 Å². The van der Waals surface area contributed by atoms with Crippen molar-refractivity contribution in [1.82, 2.24) is 10.9 Å². The maximum Gasteiger partial charge on any atom is 0.317 e. The molecule has 6 heteroatoms. The minimum Gasteiger partial charge on any atom is -0.465 e. The smallest absolute Gasteiger partial charge is 0.317 e. The van der Waals surface area contributed by atoms with E-state index >= 15 is 0 Å². The van der Waals surface area contributed by atoms with Gasteiger partial charge in [-0.05, 0) is 20.3 Å². The summed E-state index contributed by atoms with van der Waals surface area (Å²) in [5, 5.41) is 0. The van der Waals surface area contributed by atoms with E-state index in [2.05, 4.69) is 17.8 Å². The van der Waals surface area contributed by atoms with E-state index in [0.717, 1.165) is 6.42 Å². The van der Waals surface area contributed by atoms with E-state index in [1.165, 1.54) is 6.92 Å². The highest BCUT2D eigenvalue weighted by Gasteiger charge is 2.24. The Kier molecular flexibility index (Phi) is 10.9. The Morgan fingerprint density at radius 2 is 1.95 bits per heavy atom. The van der Waals surface area contributed by atoms with Crippen molar-refractivity contribution in [2.75, 3.05) is 20.3 Å². The molecule has 0 spiro atoms. The molecule has 20 heavy (non-hydrogen) atoms. The maximum atomic E-state index is 11.6. The minimum atomic E-state index is -0.800. The quantitative estimate of drug-likeness (QED) is 0.195. The summed E-state index contributed by atoms with van der Waals surface area (Å²) in [4.78, 5) is 23.0. The van der Waals surface area contributed by atoms with Gasteiger partial charge in [-0.3, -0.25) is 15.0 Å². The average molecular weight is 286 g/mol. The number of ketones is 1. The zero-order valence-corrected chi connectivity index (χ0v) is 12.8. The average Bonchev–Trinajstić information content (AvgIpc) is 2.41. The third-order valence-corrected chi connectivity index (χ3v) is 2.67. The van der Waals surface area contributed by atoms with Crippen LogP contribution in [0.25, 0.3) is 0 Å². The van der Waals surface area contributed by atoms with Gasteiger partial charge in [0, 0.05) is 20.1 Å². The van der Waals surface area contributed by atoms with Gasteiger partial charge in [0.1, 0.15) is 17.9 Å². The predicted octanol–water partition coefficient (Wildman–Crippen LogP) is 1.18. The molecule has 0 saturated carbocycles. The lowest BCUT2D eigenvalue weighted by molar-refractivity contribution is -0.151. The van der Waals surface area contributed by atoms with Crippen LogP contribution in [0.4, 0.5) is 0 Å². The standard InChI is InChI=1S/C14H26N2O4/c1-5-7-8-9-13(19-4)16-15-10-12(11(3)17)14(18)20-6-2/h7-8,12-13,15-16H,5-6,9-10H2,1-4H3/b8-7-. The monoisotopic (exact) mass is 286 g/mol. The molecule has 6 nitrogen and oxygen atoms in total. The lowest BCUT2D eigenvalue weighted by Crippen LogP contribution is -2.46. The molecule has 0 fully saturated rings. The van der Waals surface area contributed by atoms with Gasteiger partial charge in [-0.1, -0.05) is 19.1 Å². The number of Topliss-reactive ketones (excluding diaryl/α,β-unsaturated/α-hetero) is 1. The number of hydrazine groups is 1. The Morgan fingerprint density at radius 1 is 1.25 bits per heavy atom. The SMILES string of the molecule is CC/C=C\CC(NNCC(C(C)=O)C(=O)OCC)OC. The third kappa shape index (κ3) is 8.04. The Morgan fingerprint density at radius 3 is 2.45 bits per heavy atom. The highest BCUT2D eigenvalue weighted by atomic mass is 16.5. The lowest BCUT2D eigenvalue weighted by Gasteiger charge is -2.18.